The smallest absolute Gasteiger partial charge is 0.0348 e. The molecule has 0 unspecified atom stereocenters. The van der Waals surface area contributed by atoms with Crippen LogP contribution in [0.25, 0.3) is 0 Å². The Hall–Kier alpha value is -0.520. The van der Waals surface area contributed by atoms with Gasteiger partial charge in [-0.15, -0.1) is 0 Å². The molecule has 0 heteroatoms. The second-order valence-electron chi connectivity index (χ2n) is 5.30. The molecule has 0 saturated carbocycles. The van der Waals surface area contributed by atoms with E-state index in [0.717, 1.165) is 0 Å². The standard InChI is InChI=1S/C18H33/c1-3-5-7-9-11-13-15-17-18-16-14-12-10-8-6-4-2/h1,3,5,7H,4,6,8-18H2,2H3/b3-1?,7-5+. The molecule has 0 aliphatic carbocycles. The summed E-state index contributed by atoms with van der Waals surface area (Å²) in [6.45, 7) is 7.55. The molecule has 0 spiro atoms. The van der Waals surface area contributed by atoms with Gasteiger partial charge in [-0.25, -0.2) is 0 Å². The predicted octanol–water partition coefficient (Wildman–Crippen LogP) is 6.62. The third kappa shape index (κ3) is 15.5. The van der Waals surface area contributed by atoms with Crippen LogP contribution in [0.3, 0.4) is 0 Å². The van der Waals surface area contributed by atoms with Crippen molar-refractivity contribution in [2.24, 2.45) is 0 Å². The Balaban J connectivity index is 2.94. The van der Waals surface area contributed by atoms with Gasteiger partial charge in [0.15, 0.2) is 0 Å². The fraction of sp³-hybridized carbons (Fsp3) is 0.778. The Bertz CT molecular complexity index is 178. The maximum absolute atomic E-state index is 5.26. The molecule has 0 bridgehead atoms. The van der Waals surface area contributed by atoms with Crippen LogP contribution in [0.5, 0.6) is 0 Å². The highest BCUT2D eigenvalue weighted by Gasteiger charge is 1.92. The highest BCUT2D eigenvalue weighted by molar-refractivity contribution is 4.95. The number of hydrogen-bond acceptors (Lipinski definition) is 0. The van der Waals surface area contributed by atoms with E-state index < -0.39 is 0 Å². The van der Waals surface area contributed by atoms with Crippen molar-refractivity contribution in [3.63, 3.8) is 0 Å². The summed E-state index contributed by atoms with van der Waals surface area (Å²) in [5.41, 5.74) is 0. The fourth-order valence-electron chi connectivity index (χ4n) is 2.28. The minimum Gasteiger partial charge on any atom is -0.0845 e. The van der Waals surface area contributed by atoms with E-state index in [2.05, 4.69) is 13.0 Å². The quantitative estimate of drug-likeness (QED) is 0.239. The van der Waals surface area contributed by atoms with Gasteiger partial charge >= 0.3 is 0 Å². The van der Waals surface area contributed by atoms with Crippen LogP contribution in [0.2, 0.25) is 0 Å². The zero-order valence-electron chi connectivity index (χ0n) is 12.5. The van der Waals surface area contributed by atoms with Gasteiger partial charge in [-0.2, -0.15) is 0 Å². The Kier molecular flexibility index (Phi) is 16.0. The van der Waals surface area contributed by atoms with E-state index in [0.29, 0.717) is 0 Å². The lowest BCUT2D eigenvalue weighted by Crippen LogP contribution is -1.82. The molecule has 0 rings (SSSR count). The topological polar surface area (TPSA) is 0 Å². The molecule has 105 valence electrons. The molecule has 1 radical (unpaired) electrons. The summed E-state index contributed by atoms with van der Waals surface area (Å²) in [5.74, 6) is 0. The van der Waals surface area contributed by atoms with E-state index in [4.69, 9.17) is 6.58 Å². The van der Waals surface area contributed by atoms with Crippen molar-refractivity contribution in [2.45, 2.75) is 90.4 Å². The van der Waals surface area contributed by atoms with E-state index in [-0.39, 0.29) is 0 Å². The molecule has 0 aromatic heterocycles. The summed E-state index contributed by atoms with van der Waals surface area (Å²) in [4.78, 5) is 0. The molecule has 0 atom stereocenters. The highest BCUT2D eigenvalue weighted by Crippen LogP contribution is 2.12. The Morgan fingerprint density at radius 3 is 1.56 bits per heavy atom. The second kappa shape index (κ2) is 16.5. The van der Waals surface area contributed by atoms with Gasteiger partial charge in [0.1, 0.15) is 0 Å². The largest absolute Gasteiger partial charge is 0.0845 e. The van der Waals surface area contributed by atoms with Gasteiger partial charge in [-0.05, 0) is 12.8 Å². The SMILES string of the molecule is [CH]=C/C=C/CCCCCCCCCCCCCC. The molecule has 0 aromatic carbocycles. The average Bonchev–Trinajstić information content (AvgIpc) is 2.39. The average molecular weight is 249 g/mol. The summed E-state index contributed by atoms with van der Waals surface area (Å²) in [7, 11) is 0. The molecule has 0 N–H and O–H groups in total. The first-order chi connectivity index (χ1) is 8.91. The van der Waals surface area contributed by atoms with E-state index in [9.17, 15) is 0 Å². The van der Waals surface area contributed by atoms with Crippen LogP contribution in [-0.4, -0.2) is 0 Å². The molecule has 0 heterocycles. The van der Waals surface area contributed by atoms with Gasteiger partial charge in [0.2, 0.25) is 0 Å². The third-order valence-electron chi connectivity index (χ3n) is 3.47. The molecular weight excluding hydrogens is 216 g/mol. The molecule has 18 heavy (non-hydrogen) atoms. The predicted molar refractivity (Wildman–Crippen MR) is 83.7 cm³/mol. The van der Waals surface area contributed by atoms with Gasteiger partial charge in [-0.1, -0.05) is 102 Å². The molecule has 0 aromatic rings. The lowest BCUT2D eigenvalue weighted by atomic mass is 10.0. The van der Waals surface area contributed by atoms with Crippen LogP contribution in [0.15, 0.2) is 18.2 Å². The number of rotatable bonds is 14. The van der Waals surface area contributed by atoms with Crippen molar-refractivity contribution >= 4 is 0 Å². The fourth-order valence-corrected chi connectivity index (χ4v) is 2.28. The van der Waals surface area contributed by atoms with Crippen molar-refractivity contribution in [3.8, 4) is 0 Å². The first-order valence-corrected chi connectivity index (χ1v) is 8.12. The van der Waals surface area contributed by atoms with E-state index in [1.807, 2.05) is 6.08 Å². The first kappa shape index (κ1) is 17.5. The summed E-state index contributed by atoms with van der Waals surface area (Å²) in [6.07, 6.45) is 24.0. The van der Waals surface area contributed by atoms with E-state index in [1.54, 1.807) is 6.08 Å². The Labute approximate surface area is 116 Å². The lowest BCUT2D eigenvalue weighted by molar-refractivity contribution is 0.545. The van der Waals surface area contributed by atoms with Crippen molar-refractivity contribution in [2.75, 3.05) is 0 Å². The summed E-state index contributed by atoms with van der Waals surface area (Å²) < 4.78 is 0. The van der Waals surface area contributed by atoms with Crippen molar-refractivity contribution in [1.82, 2.24) is 0 Å². The first-order valence-electron chi connectivity index (χ1n) is 8.12. The molecule has 0 saturated heterocycles. The normalized spacial score (nSPS) is 11.2. The molecule has 0 fully saturated rings. The zero-order chi connectivity index (χ0) is 13.3. The van der Waals surface area contributed by atoms with Crippen molar-refractivity contribution in [1.29, 1.82) is 0 Å². The third-order valence-corrected chi connectivity index (χ3v) is 3.47. The molecular formula is C18H33. The maximum Gasteiger partial charge on any atom is -0.0348 e. The minimum atomic E-state index is 1.19. The zero-order valence-corrected chi connectivity index (χ0v) is 12.5. The van der Waals surface area contributed by atoms with Gasteiger partial charge in [-0.3, -0.25) is 0 Å². The molecule has 0 nitrogen and oxygen atoms in total. The van der Waals surface area contributed by atoms with Crippen LogP contribution in [-0.2, 0) is 0 Å². The Morgan fingerprint density at radius 2 is 1.11 bits per heavy atom. The number of unbranched alkanes of at least 4 members (excludes halogenated alkanes) is 12. The second-order valence-corrected chi connectivity index (χ2v) is 5.30. The molecule has 0 aliphatic rings. The number of hydrogen-bond donors (Lipinski definition) is 0. The summed E-state index contributed by atoms with van der Waals surface area (Å²) >= 11 is 0. The molecule has 0 aliphatic heterocycles. The van der Waals surface area contributed by atoms with E-state index in [1.165, 1.54) is 83.5 Å². The van der Waals surface area contributed by atoms with Gasteiger partial charge < -0.3 is 0 Å². The van der Waals surface area contributed by atoms with Crippen LogP contribution >= 0.6 is 0 Å². The number of allylic oxidation sites excluding steroid dienone is 3. The van der Waals surface area contributed by atoms with Crippen LogP contribution < -0.4 is 0 Å². The van der Waals surface area contributed by atoms with Crippen LogP contribution in [0, 0.1) is 6.58 Å². The highest BCUT2D eigenvalue weighted by atomic mass is 14.0. The lowest BCUT2D eigenvalue weighted by Gasteiger charge is -2.02. The maximum atomic E-state index is 5.26. The van der Waals surface area contributed by atoms with E-state index >= 15 is 0 Å². The molecule has 0 amide bonds. The van der Waals surface area contributed by atoms with Crippen LogP contribution in [0.4, 0.5) is 0 Å². The van der Waals surface area contributed by atoms with Crippen molar-refractivity contribution < 1.29 is 0 Å². The van der Waals surface area contributed by atoms with Gasteiger partial charge in [0.25, 0.3) is 0 Å². The van der Waals surface area contributed by atoms with Gasteiger partial charge in [0.05, 0.1) is 0 Å². The Morgan fingerprint density at radius 1 is 0.667 bits per heavy atom. The van der Waals surface area contributed by atoms with Crippen molar-refractivity contribution in [3.05, 3.63) is 24.8 Å². The monoisotopic (exact) mass is 249 g/mol. The summed E-state index contributed by atoms with van der Waals surface area (Å²) in [5, 5.41) is 0. The summed E-state index contributed by atoms with van der Waals surface area (Å²) in [6, 6.07) is 0. The minimum absolute atomic E-state index is 1.19. The van der Waals surface area contributed by atoms with Crippen LogP contribution in [0.1, 0.15) is 90.4 Å². The van der Waals surface area contributed by atoms with Gasteiger partial charge in [0, 0.05) is 0 Å².